The van der Waals surface area contributed by atoms with Crippen LogP contribution in [0.4, 0.5) is 0 Å². The molecule has 0 unspecified atom stereocenters. The smallest absolute Gasteiger partial charge is 0.264 e. The summed E-state index contributed by atoms with van der Waals surface area (Å²) in [5, 5.41) is 7.04. The summed E-state index contributed by atoms with van der Waals surface area (Å²) in [6.07, 6.45) is 0. The predicted octanol–water partition coefficient (Wildman–Crippen LogP) is 0.785. The molecular formula is C5H9ClN2O2S. The predicted molar refractivity (Wildman–Crippen MR) is 45.1 cm³/mol. The van der Waals surface area contributed by atoms with E-state index < -0.39 is 9.05 Å². The lowest BCUT2D eigenvalue weighted by atomic mass is 10.3. The van der Waals surface area contributed by atoms with Gasteiger partial charge in [-0.25, -0.2) is 8.42 Å². The molecule has 0 spiro atoms. The van der Waals surface area contributed by atoms with E-state index in [0.29, 0.717) is 0 Å². The van der Waals surface area contributed by atoms with Gasteiger partial charge < -0.3 is 11.1 Å². The van der Waals surface area contributed by atoms with Crippen LogP contribution in [-0.4, -0.2) is 14.1 Å². The molecule has 0 bridgehead atoms. The van der Waals surface area contributed by atoms with Gasteiger partial charge in [-0.05, 0) is 13.8 Å². The van der Waals surface area contributed by atoms with Crippen molar-refractivity contribution >= 4 is 25.4 Å². The van der Waals surface area contributed by atoms with Crippen molar-refractivity contribution < 1.29 is 8.42 Å². The molecule has 0 aliphatic carbocycles. The van der Waals surface area contributed by atoms with Gasteiger partial charge in [0.05, 0.1) is 0 Å². The maximum Gasteiger partial charge on any atom is 0.264 e. The highest BCUT2D eigenvalue weighted by Gasteiger charge is 2.18. The quantitative estimate of drug-likeness (QED) is 0.506. The Morgan fingerprint density at radius 2 is 1.82 bits per heavy atom. The first-order valence-corrected chi connectivity index (χ1v) is 5.04. The SMILES string of the molecule is CC(=N)/C(=C(/C)N)S(=O)(=O)Cl. The highest BCUT2D eigenvalue weighted by molar-refractivity contribution is 8.17. The summed E-state index contributed by atoms with van der Waals surface area (Å²) in [4.78, 5) is -0.306. The summed E-state index contributed by atoms with van der Waals surface area (Å²) >= 11 is 0. The molecule has 0 aliphatic heterocycles. The molecule has 0 atom stereocenters. The number of nitrogens with two attached hydrogens (primary N) is 1. The van der Waals surface area contributed by atoms with Crippen LogP contribution in [0.25, 0.3) is 0 Å². The first-order chi connectivity index (χ1) is 4.76. The molecular weight excluding hydrogens is 188 g/mol. The van der Waals surface area contributed by atoms with Gasteiger partial charge in [-0.15, -0.1) is 0 Å². The summed E-state index contributed by atoms with van der Waals surface area (Å²) in [5.74, 6) is 0. The van der Waals surface area contributed by atoms with Crippen LogP contribution in [-0.2, 0) is 9.05 Å². The molecule has 4 nitrogen and oxygen atoms in total. The van der Waals surface area contributed by atoms with Crippen molar-refractivity contribution in [2.24, 2.45) is 5.73 Å². The van der Waals surface area contributed by atoms with Crippen molar-refractivity contribution in [2.75, 3.05) is 0 Å². The van der Waals surface area contributed by atoms with Gasteiger partial charge in [-0.3, -0.25) is 0 Å². The van der Waals surface area contributed by atoms with Gasteiger partial charge in [0.25, 0.3) is 9.05 Å². The third-order valence-electron chi connectivity index (χ3n) is 0.943. The zero-order valence-electron chi connectivity index (χ0n) is 6.18. The average molecular weight is 197 g/mol. The minimum atomic E-state index is -3.86. The second kappa shape index (κ2) is 3.23. The number of rotatable bonds is 2. The Morgan fingerprint density at radius 3 is 1.82 bits per heavy atom. The zero-order valence-corrected chi connectivity index (χ0v) is 7.75. The minimum absolute atomic E-state index is 0.0347. The summed E-state index contributed by atoms with van der Waals surface area (Å²) in [6, 6.07) is 0. The van der Waals surface area contributed by atoms with Crippen molar-refractivity contribution in [2.45, 2.75) is 13.8 Å². The van der Waals surface area contributed by atoms with E-state index in [0.717, 1.165) is 0 Å². The van der Waals surface area contributed by atoms with Crippen LogP contribution < -0.4 is 5.73 Å². The Kier molecular flexibility index (Phi) is 3.07. The number of hydrogen-bond acceptors (Lipinski definition) is 4. The summed E-state index contributed by atoms with van der Waals surface area (Å²) < 4.78 is 21.4. The fourth-order valence-electron chi connectivity index (χ4n) is 0.671. The van der Waals surface area contributed by atoms with E-state index in [2.05, 4.69) is 0 Å². The molecule has 0 aromatic carbocycles. The number of halogens is 1. The van der Waals surface area contributed by atoms with Crippen LogP contribution in [0.15, 0.2) is 10.6 Å². The number of hydrogen-bond donors (Lipinski definition) is 2. The standard InChI is InChI=1S/C5H9ClN2O2S/c1-3(7)5(4(2)8)11(6,9)10/h7H,8H2,1-2H3/b5-4+,7-3?. The van der Waals surface area contributed by atoms with Gasteiger partial charge in [0.15, 0.2) is 0 Å². The van der Waals surface area contributed by atoms with E-state index in [9.17, 15) is 8.42 Å². The average Bonchev–Trinajstić information content (AvgIpc) is 1.54. The largest absolute Gasteiger partial charge is 0.401 e. The molecule has 0 fully saturated rings. The molecule has 0 radical (unpaired) electrons. The third kappa shape index (κ3) is 2.90. The fourth-order valence-corrected chi connectivity index (χ4v) is 2.13. The van der Waals surface area contributed by atoms with Crippen molar-refractivity contribution in [3.63, 3.8) is 0 Å². The zero-order chi connectivity index (χ0) is 9.23. The van der Waals surface area contributed by atoms with E-state index in [-0.39, 0.29) is 16.3 Å². The highest BCUT2D eigenvalue weighted by atomic mass is 35.7. The van der Waals surface area contributed by atoms with E-state index in [1.165, 1.54) is 13.8 Å². The molecule has 0 saturated heterocycles. The van der Waals surface area contributed by atoms with E-state index in [1.807, 2.05) is 0 Å². The molecule has 0 heterocycles. The molecule has 6 heteroatoms. The van der Waals surface area contributed by atoms with Crippen LogP contribution in [0.5, 0.6) is 0 Å². The molecule has 0 aromatic heterocycles. The van der Waals surface area contributed by atoms with Gasteiger partial charge in [0.2, 0.25) is 0 Å². The van der Waals surface area contributed by atoms with Crippen molar-refractivity contribution in [1.82, 2.24) is 0 Å². The van der Waals surface area contributed by atoms with Crippen LogP contribution in [0.1, 0.15) is 13.8 Å². The number of nitrogens with one attached hydrogen (secondary N) is 1. The summed E-state index contributed by atoms with van der Waals surface area (Å²) in [5.41, 5.74) is 5.08. The lowest BCUT2D eigenvalue weighted by molar-refractivity contribution is 0.616. The van der Waals surface area contributed by atoms with Gasteiger partial charge in [0, 0.05) is 22.1 Å². The second-order valence-electron chi connectivity index (χ2n) is 2.07. The summed E-state index contributed by atoms with van der Waals surface area (Å²) in [7, 11) is 1.12. The third-order valence-corrected chi connectivity index (χ3v) is 2.52. The van der Waals surface area contributed by atoms with Crippen LogP contribution in [0.3, 0.4) is 0 Å². The Labute approximate surface area is 70.0 Å². The second-order valence-corrected chi connectivity index (χ2v) is 4.58. The Morgan fingerprint density at radius 1 is 1.45 bits per heavy atom. The Bertz CT molecular complexity index is 300. The maximum absolute atomic E-state index is 10.7. The van der Waals surface area contributed by atoms with Gasteiger partial charge >= 0.3 is 0 Å². The first kappa shape index (κ1) is 10.4. The minimum Gasteiger partial charge on any atom is -0.401 e. The van der Waals surface area contributed by atoms with Crippen molar-refractivity contribution in [3.05, 3.63) is 10.6 Å². The lowest BCUT2D eigenvalue weighted by Gasteiger charge is -2.01. The van der Waals surface area contributed by atoms with Crippen molar-refractivity contribution in [3.8, 4) is 0 Å². The van der Waals surface area contributed by atoms with Gasteiger partial charge in [-0.1, -0.05) is 0 Å². The normalized spacial score (nSPS) is 14.1. The maximum atomic E-state index is 10.7. The van der Waals surface area contributed by atoms with Crippen LogP contribution in [0, 0.1) is 5.41 Å². The number of allylic oxidation sites excluding steroid dienone is 2. The molecule has 0 rings (SSSR count). The Balaban J connectivity index is 5.32. The lowest BCUT2D eigenvalue weighted by Crippen LogP contribution is -2.11. The molecule has 0 aromatic rings. The highest BCUT2D eigenvalue weighted by Crippen LogP contribution is 2.14. The van der Waals surface area contributed by atoms with Gasteiger partial charge in [0.1, 0.15) is 4.91 Å². The first-order valence-electron chi connectivity index (χ1n) is 2.73. The van der Waals surface area contributed by atoms with Crippen LogP contribution >= 0.6 is 10.7 Å². The van der Waals surface area contributed by atoms with Crippen LogP contribution in [0.2, 0.25) is 0 Å². The molecule has 11 heavy (non-hydrogen) atoms. The summed E-state index contributed by atoms with van der Waals surface area (Å²) in [6.45, 7) is 2.69. The molecule has 0 saturated carbocycles. The van der Waals surface area contributed by atoms with E-state index >= 15 is 0 Å². The Hall–Kier alpha value is -0.550. The topological polar surface area (TPSA) is 84.0 Å². The van der Waals surface area contributed by atoms with Crippen molar-refractivity contribution in [1.29, 1.82) is 5.41 Å². The monoisotopic (exact) mass is 196 g/mol. The molecule has 64 valence electrons. The van der Waals surface area contributed by atoms with E-state index in [4.69, 9.17) is 21.8 Å². The molecule has 0 aliphatic rings. The van der Waals surface area contributed by atoms with E-state index in [1.54, 1.807) is 0 Å². The molecule has 3 N–H and O–H groups in total. The fraction of sp³-hybridized carbons (Fsp3) is 0.400. The van der Waals surface area contributed by atoms with Gasteiger partial charge in [-0.2, -0.15) is 0 Å². The molecule has 0 amide bonds.